The summed E-state index contributed by atoms with van der Waals surface area (Å²) in [5, 5.41) is 2.26. The van der Waals surface area contributed by atoms with Gasteiger partial charge in [-0.05, 0) is 48.4 Å². The van der Waals surface area contributed by atoms with Crippen LogP contribution in [0.4, 0.5) is 0 Å². The highest BCUT2D eigenvalue weighted by Crippen LogP contribution is 2.49. The number of aldehydes is 1. The third-order valence-corrected chi connectivity index (χ3v) is 8.27. The average molecular weight is 364 g/mol. The molecule has 0 bridgehead atoms. The lowest BCUT2D eigenvalue weighted by Gasteiger charge is -2.35. The van der Waals surface area contributed by atoms with Crippen molar-refractivity contribution in [3.8, 4) is 0 Å². The molecule has 0 aliphatic carbocycles. The van der Waals surface area contributed by atoms with E-state index in [0.29, 0.717) is 0 Å². The summed E-state index contributed by atoms with van der Waals surface area (Å²) in [6.07, 6.45) is 11.6. The molecule has 132 valence electrons. The zero-order valence-corrected chi connectivity index (χ0v) is 17.4. The van der Waals surface area contributed by atoms with Gasteiger partial charge in [-0.1, -0.05) is 46.9 Å². The van der Waals surface area contributed by atoms with Crippen LogP contribution < -0.4 is 0 Å². The monoisotopic (exact) mass is 363 g/mol. The summed E-state index contributed by atoms with van der Waals surface area (Å²) in [7, 11) is 1.69. The van der Waals surface area contributed by atoms with Gasteiger partial charge in [0.2, 0.25) is 0 Å². The lowest BCUT2D eigenvalue weighted by Crippen LogP contribution is -2.32. The van der Waals surface area contributed by atoms with E-state index in [9.17, 15) is 4.79 Å². The maximum Gasteiger partial charge on any atom is 0.129 e. The number of carbonyl (C=O) groups is 1. The molecule has 24 heavy (non-hydrogen) atoms. The molecule has 0 saturated heterocycles. The Morgan fingerprint density at radius 3 is 2.62 bits per heavy atom. The largest absolute Gasteiger partial charge is 0.374 e. The van der Waals surface area contributed by atoms with Crippen LogP contribution in [0.3, 0.4) is 0 Å². The molecule has 1 rings (SSSR count). The summed E-state index contributed by atoms with van der Waals surface area (Å²) in [6, 6.07) is 4.16. The molecular weight excluding hydrogens is 333 g/mol. The smallest absolute Gasteiger partial charge is 0.129 e. The third kappa shape index (κ3) is 6.75. The van der Waals surface area contributed by atoms with Crippen LogP contribution in [-0.4, -0.2) is 42.3 Å². The topological polar surface area (TPSA) is 20.3 Å². The molecule has 0 aliphatic heterocycles. The van der Waals surface area contributed by atoms with Crippen molar-refractivity contribution < 1.29 is 4.79 Å². The summed E-state index contributed by atoms with van der Waals surface area (Å²) >= 11 is 1.72. The molecule has 0 spiro atoms. The number of carbonyl (C=O) groups excluding carboxylic acids is 1. The van der Waals surface area contributed by atoms with Gasteiger partial charge in [0.1, 0.15) is 6.29 Å². The molecule has 0 amide bonds. The highest BCUT2D eigenvalue weighted by Gasteiger charge is 2.28. The van der Waals surface area contributed by atoms with E-state index in [1.165, 1.54) is 4.88 Å². The molecule has 0 saturated carbocycles. The van der Waals surface area contributed by atoms with Crippen molar-refractivity contribution in [2.45, 2.75) is 38.5 Å². The fourth-order valence-electron chi connectivity index (χ4n) is 2.20. The second kappa shape index (κ2) is 9.96. The van der Waals surface area contributed by atoms with E-state index in [1.807, 2.05) is 19.1 Å². The maximum atomic E-state index is 11.6. The Kier molecular flexibility index (Phi) is 8.66. The lowest BCUT2D eigenvalue weighted by molar-refractivity contribution is -0.107. The van der Waals surface area contributed by atoms with Crippen LogP contribution in [0.5, 0.6) is 0 Å². The van der Waals surface area contributed by atoms with Gasteiger partial charge in [-0.2, -0.15) is 0 Å². The number of rotatable bonds is 8. The molecule has 0 aliphatic rings. The van der Waals surface area contributed by atoms with Gasteiger partial charge in [0, 0.05) is 24.2 Å². The van der Waals surface area contributed by atoms with Crippen molar-refractivity contribution in [2.75, 3.05) is 20.3 Å². The zero-order chi connectivity index (χ0) is 18.2. The fraction of sp³-hybridized carbons (Fsp3) is 0.450. The minimum absolute atomic E-state index is 0.0779. The van der Waals surface area contributed by atoms with Crippen LogP contribution in [-0.2, 0) is 4.79 Å². The highest BCUT2D eigenvalue weighted by molar-refractivity contribution is 7.60. The second-order valence-electron chi connectivity index (χ2n) is 6.83. The Balaban J connectivity index is 2.91. The summed E-state index contributed by atoms with van der Waals surface area (Å²) in [4.78, 5) is 15.1. The van der Waals surface area contributed by atoms with Gasteiger partial charge in [-0.25, -0.2) is 0 Å². The minimum Gasteiger partial charge on any atom is -0.374 e. The van der Waals surface area contributed by atoms with Crippen molar-refractivity contribution in [3.05, 3.63) is 52.4 Å². The van der Waals surface area contributed by atoms with E-state index in [2.05, 4.69) is 75.1 Å². The Morgan fingerprint density at radius 1 is 1.42 bits per heavy atom. The standard InChI is InChI=1S/C20H30NOPS/c1-7-8-10-17(12-13-19-11-9-14-24-19)21(5)15-18(16-22)23(6)20(2,3)4/h7-14,16,18H,15H2,1-6H3/b8-7-,13-12+,17-10-. The van der Waals surface area contributed by atoms with Crippen molar-refractivity contribution in [3.63, 3.8) is 0 Å². The maximum absolute atomic E-state index is 11.6. The molecule has 2 atom stereocenters. The number of nitrogens with zero attached hydrogens (tertiary/aromatic N) is 1. The van der Waals surface area contributed by atoms with E-state index in [1.54, 1.807) is 11.3 Å². The number of hydrogen-bond acceptors (Lipinski definition) is 3. The number of thiophene rings is 1. The van der Waals surface area contributed by atoms with Gasteiger partial charge in [0.15, 0.2) is 0 Å². The van der Waals surface area contributed by atoms with Gasteiger partial charge in [-0.3, -0.25) is 0 Å². The van der Waals surface area contributed by atoms with Crippen LogP contribution in [0.15, 0.2) is 47.5 Å². The molecule has 0 radical (unpaired) electrons. The number of allylic oxidation sites excluding steroid dienone is 4. The molecule has 4 heteroatoms. The van der Waals surface area contributed by atoms with Crippen LogP contribution in [0.25, 0.3) is 6.08 Å². The van der Waals surface area contributed by atoms with Crippen molar-refractivity contribution in [1.29, 1.82) is 0 Å². The summed E-state index contributed by atoms with van der Waals surface area (Å²) in [5.41, 5.74) is 1.19. The first kappa shape index (κ1) is 20.9. The fourth-order valence-corrected chi connectivity index (χ4v) is 4.48. The van der Waals surface area contributed by atoms with Crippen molar-refractivity contribution in [1.82, 2.24) is 4.90 Å². The first-order chi connectivity index (χ1) is 11.3. The molecule has 2 nitrogen and oxygen atoms in total. The van der Waals surface area contributed by atoms with E-state index in [0.717, 1.165) is 18.5 Å². The molecule has 2 unspecified atom stereocenters. The molecule has 1 aromatic rings. The Morgan fingerprint density at radius 2 is 2.12 bits per heavy atom. The second-order valence-corrected chi connectivity index (χ2v) is 11.0. The molecule has 1 heterocycles. The third-order valence-electron chi connectivity index (χ3n) is 4.04. The SMILES string of the molecule is C\C=C/C=C(/C=C/c1cccs1)N(C)CC(C=O)P(C)C(C)(C)C. The number of hydrogen-bond donors (Lipinski definition) is 0. The van der Waals surface area contributed by atoms with Gasteiger partial charge in [0.05, 0.1) is 5.66 Å². The molecule has 1 aromatic heterocycles. The first-order valence-corrected chi connectivity index (χ1v) is 11.0. The van der Waals surface area contributed by atoms with E-state index in [4.69, 9.17) is 0 Å². The average Bonchev–Trinajstić information content (AvgIpc) is 3.04. The zero-order valence-electron chi connectivity index (χ0n) is 15.7. The Bertz CT molecular complexity index is 581. The summed E-state index contributed by atoms with van der Waals surface area (Å²) < 4.78 is 0. The van der Waals surface area contributed by atoms with Gasteiger partial charge in [-0.15, -0.1) is 11.3 Å². The van der Waals surface area contributed by atoms with Crippen LogP contribution in [0, 0.1) is 0 Å². The quantitative estimate of drug-likeness (QED) is 0.339. The summed E-state index contributed by atoms with van der Waals surface area (Å²) in [6.45, 7) is 11.7. The normalized spacial score (nSPS) is 15.8. The van der Waals surface area contributed by atoms with Crippen LogP contribution in [0.1, 0.15) is 32.6 Å². The van der Waals surface area contributed by atoms with Crippen molar-refractivity contribution >= 4 is 31.6 Å². The first-order valence-electron chi connectivity index (χ1n) is 8.23. The van der Waals surface area contributed by atoms with E-state index >= 15 is 0 Å². The van der Waals surface area contributed by atoms with E-state index < -0.39 is 0 Å². The minimum atomic E-state index is -0.378. The molecular formula is C20H30NOPS. The molecule has 0 N–H and O–H groups in total. The lowest BCUT2D eigenvalue weighted by atomic mass is 10.2. The van der Waals surface area contributed by atoms with Gasteiger partial charge < -0.3 is 9.69 Å². The molecule has 0 aromatic carbocycles. The predicted octanol–water partition coefficient (Wildman–Crippen LogP) is 5.63. The Labute approximate surface area is 152 Å². The van der Waals surface area contributed by atoms with Crippen molar-refractivity contribution in [2.24, 2.45) is 0 Å². The van der Waals surface area contributed by atoms with Gasteiger partial charge >= 0.3 is 0 Å². The summed E-state index contributed by atoms with van der Waals surface area (Å²) in [5.74, 6) is 0. The van der Waals surface area contributed by atoms with Gasteiger partial charge in [0.25, 0.3) is 0 Å². The molecule has 0 fully saturated rings. The van der Waals surface area contributed by atoms with Crippen LogP contribution in [0.2, 0.25) is 0 Å². The van der Waals surface area contributed by atoms with E-state index in [-0.39, 0.29) is 18.7 Å². The predicted molar refractivity (Wildman–Crippen MR) is 111 cm³/mol. The van der Waals surface area contributed by atoms with Crippen LogP contribution >= 0.6 is 19.3 Å². The highest BCUT2D eigenvalue weighted by atomic mass is 32.1. The number of likely N-dealkylation sites (N-methyl/N-ethyl adjacent to an activating group) is 1. The Hall–Kier alpha value is -1.18.